The number of nitrogens with one attached hydrogen (secondary N) is 1. The van der Waals surface area contributed by atoms with Gasteiger partial charge in [-0.25, -0.2) is 4.98 Å². The minimum atomic E-state index is 0.722. The van der Waals surface area contributed by atoms with Crippen molar-refractivity contribution in [2.45, 2.75) is 44.3 Å². The fourth-order valence-electron chi connectivity index (χ4n) is 2.18. The molecule has 0 saturated heterocycles. The van der Waals surface area contributed by atoms with Crippen LogP contribution in [0, 0.1) is 0 Å². The molecule has 1 N–H and O–H groups in total. The van der Waals surface area contributed by atoms with Gasteiger partial charge < -0.3 is 15.0 Å². The van der Waals surface area contributed by atoms with Crippen molar-refractivity contribution in [1.82, 2.24) is 15.2 Å². The van der Waals surface area contributed by atoms with E-state index in [1.807, 2.05) is 12.3 Å². The summed E-state index contributed by atoms with van der Waals surface area (Å²) in [7, 11) is 2.17. The zero-order valence-corrected chi connectivity index (χ0v) is 11.6. The molecule has 0 radical (unpaired) electrons. The second kappa shape index (κ2) is 5.88. The van der Waals surface area contributed by atoms with Gasteiger partial charge in [-0.15, -0.1) is 0 Å². The van der Waals surface area contributed by atoms with E-state index < -0.39 is 0 Å². The Kier molecular flexibility index (Phi) is 3.99. The number of hydrogen-bond donors (Lipinski definition) is 1. The van der Waals surface area contributed by atoms with E-state index >= 15 is 0 Å². The van der Waals surface area contributed by atoms with Gasteiger partial charge in [-0.2, -0.15) is 0 Å². The Morgan fingerprint density at radius 3 is 2.95 bits per heavy atom. The summed E-state index contributed by atoms with van der Waals surface area (Å²) in [6.07, 6.45) is 7.17. The molecule has 2 saturated carbocycles. The molecule has 0 atom stereocenters. The van der Waals surface area contributed by atoms with Crippen molar-refractivity contribution in [1.29, 1.82) is 0 Å². The summed E-state index contributed by atoms with van der Waals surface area (Å²) < 4.78 is 5.74. The molecule has 0 amide bonds. The summed E-state index contributed by atoms with van der Waals surface area (Å²) >= 11 is 0. The summed E-state index contributed by atoms with van der Waals surface area (Å²) in [5, 5.41) is 3.51. The summed E-state index contributed by atoms with van der Waals surface area (Å²) in [5.74, 6) is 0.749. The lowest BCUT2D eigenvalue weighted by atomic mass is 10.2. The van der Waals surface area contributed by atoms with Gasteiger partial charge in [-0.1, -0.05) is 0 Å². The number of hydrogen-bond acceptors (Lipinski definition) is 4. The molecular formula is C15H23N3O. The average Bonchev–Trinajstić information content (AvgIpc) is 3.30. The molecule has 3 rings (SSSR count). The lowest BCUT2D eigenvalue weighted by molar-refractivity contribution is 0.226. The van der Waals surface area contributed by atoms with Gasteiger partial charge in [0.05, 0.1) is 0 Å². The standard InChI is InChI=1S/C15H23N3O/c1-18(14-4-5-14)8-9-19-15-10-12(6-7-16-15)11-17-13-2-3-13/h6-7,10,13-14,17H,2-5,8-9,11H2,1H3. The molecule has 2 aliphatic carbocycles. The Hall–Kier alpha value is -1.13. The first-order valence-corrected chi connectivity index (χ1v) is 7.32. The van der Waals surface area contributed by atoms with E-state index in [0.717, 1.165) is 37.7 Å². The molecule has 104 valence electrons. The molecule has 1 aromatic heterocycles. The fourth-order valence-corrected chi connectivity index (χ4v) is 2.18. The van der Waals surface area contributed by atoms with Crippen LogP contribution in [0.5, 0.6) is 5.88 Å². The number of ether oxygens (including phenoxy) is 1. The maximum absolute atomic E-state index is 5.74. The van der Waals surface area contributed by atoms with Gasteiger partial charge in [-0.05, 0) is 44.4 Å². The zero-order chi connectivity index (χ0) is 13.1. The third-order valence-electron chi connectivity index (χ3n) is 3.84. The zero-order valence-electron chi connectivity index (χ0n) is 11.6. The van der Waals surface area contributed by atoms with Crippen molar-refractivity contribution in [3.8, 4) is 5.88 Å². The Morgan fingerprint density at radius 2 is 2.21 bits per heavy atom. The third kappa shape index (κ3) is 4.18. The molecule has 19 heavy (non-hydrogen) atoms. The highest BCUT2D eigenvalue weighted by atomic mass is 16.5. The fraction of sp³-hybridized carbons (Fsp3) is 0.667. The molecule has 1 heterocycles. The van der Waals surface area contributed by atoms with Gasteiger partial charge in [0.1, 0.15) is 6.61 Å². The predicted octanol–water partition coefficient (Wildman–Crippen LogP) is 1.81. The van der Waals surface area contributed by atoms with Crippen LogP contribution in [-0.4, -0.2) is 42.2 Å². The maximum atomic E-state index is 5.74. The summed E-state index contributed by atoms with van der Waals surface area (Å²) in [5.41, 5.74) is 1.26. The first-order chi connectivity index (χ1) is 9.31. The highest BCUT2D eigenvalue weighted by molar-refractivity contribution is 5.20. The molecule has 0 spiro atoms. The quantitative estimate of drug-likeness (QED) is 0.774. The van der Waals surface area contributed by atoms with Crippen LogP contribution < -0.4 is 10.1 Å². The van der Waals surface area contributed by atoms with Crippen molar-refractivity contribution >= 4 is 0 Å². The van der Waals surface area contributed by atoms with Crippen molar-refractivity contribution in [3.05, 3.63) is 23.9 Å². The Balaban J connectivity index is 1.42. The van der Waals surface area contributed by atoms with Crippen LogP contribution in [0.2, 0.25) is 0 Å². The van der Waals surface area contributed by atoms with Crippen LogP contribution in [0.3, 0.4) is 0 Å². The first kappa shape index (κ1) is 12.9. The number of likely N-dealkylation sites (N-methyl/N-ethyl adjacent to an activating group) is 1. The summed E-state index contributed by atoms with van der Waals surface area (Å²) in [4.78, 5) is 6.64. The molecule has 4 nitrogen and oxygen atoms in total. The van der Waals surface area contributed by atoms with Gasteiger partial charge in [0, 0.05) is 37.4 Å². The largest absolute Gasteiger partial charge is 0.476 e. The number of nitrogens with zero attached hydrogens (tertiary/aromatic N) is 2. The van der Waals surface area contributed by atoms with E-state index in [2.05, 4.69) is 28.3 Å². The average molecular weight is 261 g/mol. The number of rotatable bonds is 8. The maximum Gasteiger partial charge on any atom is 0.213 e. The van der Waals surface area contributed by atoms with Crippen molar-refractivity contribution < 1.29 is 4.74 Å². The van der Waals surface area contributed by atoms with Crippen LogP contribution in [0.1, 0.15) is 31.2 Å². The SMILES string of the molecule is CN(CCOc1cc(CNC2CC2)ccn1)C1CC1. The number of aromatic nitrogens is 1. The van der Waals surface area contributed by atoms with E-state index in [9.17, 15) is 0 Å². The third-order valence-corrected chi connectivity index (χ3v) is 3.84. The van der Waals surface area contributed by atoms with Gasteiger partial charge in [0.25, 0.3) is 0 Å². The van der Waals surface area contributed by atoms with Crippen LogP contribution in [0.25, 0.3) is 0 Å². The molecule has 0 unspecified atom stereocenters. The van der Waals surface area contributed by atoms with Crippen molar-refractivity contribution in [3.63, 3.8) is 0 Å². The molecule has 2 aliphatic rings. The highest BCUT2D eigenvalue weighted by Gasteiger charge is 2.25. The predicted molar refractivity (Wildman–Crippen MR) is 75.2 cm³/mol. The van der Waals surface area contributed by atoms with E-state index in [1.165, 1.54) is 31.2 Å². The van der Waals surface area contributed by atoms with Crippen molar-refractivity contribution in [2.75, 3.05) is 20.2 Å². The lowest BCUT2D eigenvalue weighted by Gasteiger charge is -2.15. The van der Waals surface area contributed by atoms with E-state index in [1.54, 1.807) is 0 Å². The van der Waals surface area contributed by atoms with Crippen LogP contribution in [0.15, 0.2) is 18.3 Å². The molecule has 2 fully saturated rings. The molecule has 1 aromatic rings. The topological polar surface area (TPSA) is 37.4 Å². The minimum Gasteiger partial charge on any atom is -0.476 e. The first-order valence-electron chi connectivity index (χ1n) is 7.32. The smallest absolute Gasteiger partial charge is 0.213 e. The molecule has 0 aliphatic heterocycles. The van der Waals surface area contributed by atoms with Crippen LogP contribution in [-0.2, 0) is 6.54 Å². The Labute approximate surface area is 115 Å². The van der Waals surface area contributed by atoms with E-state index in [-0.39, 0.29) is 0 Å². The number of pyridine rings is 1. The van der Waals surface area contributed by atoms with Gasteiger partial charge in [-0.3, -0.25) is 0 Å². The Bertz CT molecular complexity index is 416. The van der Waals surface area contributed by atoms with Gasteiger partial charge >= 0.3 is 0 Å². The summed E-state index contributed by atoms with van der Waals surface area (Å²) in [6, 6.07) is 5.64. The monoisotopic (exact) mass is 261 g/mol. The van der Waals surface area contributed by atoms with E-state index in [4.69, 9.17) is 4.74 Å². The van der Waals surface area contributed by atoms with E-state index in [0.29, 0.717) is 0 Å². The minimum absolute atomic E-state index is 0.722. The molecular weight excluding hydrogens is 238 g/mol. The Morgan fingerprint density at radius 1 is 1.37 bits per heavy atom. The molecule has 0 bridgehead atoms. The van der Waals surface area contributed by atoms with Gasteiger partial charge in [0.15, 0.2) is 0 Å². The van der Waals surface area contributed by atoms with Crippen LogP contribution in [0.4, 0.5) is 0 Å². The van der Waals surface area contributed by atoms with Crippen molar-refractivity contribution in [2.24, 2.45) is 0 Å². The second-order valence-corrected chi connectivity index (χ2v) is 5.72. The highest BCUT2D eigenvalue weighted by Crippen LogP contribution is 2.24. The summed E-state index contributed by atoms with van der Waals surface area (Å²) in [6.45, 7) is 2.63. The normalized spacial score (nSPS) is 18.8. The van der Waals surface area contributed by atoms with Crippen LogP contribution >= 0.6 is 0 Å². The van der Waals surface area contributed by atoms with Gasteiger partial charge in [0.2, 0.25) is 5.88 Å². The molecule has 4 heteroatoms. The lowest BCUT2D eigenvalue weighted by Crippen LogP contribution is -2.26. The molecule has 0 aromatic carbocycles. The second-order valence-electron chi connectivity index (χ2n) is 5.72.